The standard InChI is InChI=1S/C6H8N2.C3H4N2.2ClH/c1-2-4-8-5-3-7-6-8;1-2-5-3-4-1;;/h2-6H,1H3;1-3H,(H,4,5);2*1H. The van der Waals surface area contributed by atoms with Gasteiger partial charge in [0, 0.05) is 0 Å². The van der Waals surface area contributed by atoms with E-state index in [0.29, 0.717) is 0 Å². The first kappa shape index (κ1) is 16.2. The summed E-state index contributed by atoms with van der Waals surface area (Å²) in [7, 11) is 0. The predicted octanol–water partition coefficient (Wildman–Crippen LogP) is -5.37. The minimum absolute atomic E-state index is 0. The lowest BCUT2D eigenvalue weighted by atomic mass is 10.7. The van der Waals surface area contributed by atoms with Crippen LogP contribution in [-0.4, -0.2) is 9.97 Å². The van der Waals surface area contributed by atoms with Gasteiger partial charge in [-0.1, -0.05) is 0 Å². The molecule has 0 amide bonds. The number of aromatic amines is 3. The molecule has 0 unspecified atom stereocenters. The number of allylic oxidation sites excluding steroid dienone is 1. The Bertz CT molecular complexity index is 299. The monoisotopic (exact) mass is 248 g/mol. The van der Waals surface area contributed by atoms with Crippen LogP contribution in [0.2, 0.25) is 0 Å². The molecule has 4 nitrogen and oxygen atoms in total. The van der Waals surface area contributed by atoms with Crippen molar-refractivity contribution >= 4 is 6.20 Å². The van der Waals surface area contributed by atoms with E-state index in [4.69, 9.17) is 0 Å². The molecule has 0 bridgehead atoms. The molecule has 3 N–H and O–H groups in total. The smallest absolute Gasteiger partial charge is 0.246 e. The summed E-state index contributed by atoms with van der Waals surface area (Å²) in [5.74, 6) is 0. The Hall–Kier alpha value is -1.26. The summed E-state index contributed by atoms with van der Waals surface area (Å²) in [5, 5.41) is 0. The molecular weight excluding hydrogens is 235 g/mol. The summed E-state index contributed by atoms with van der Waals surface area (Å²) in [4.78, 5) is 8.54. The first-order valence-corrected chi connectivity index (χ1v) is 4.08. The van der Waals surface area contributed by atoms with Crippen molar-refractivity contribution < 1.29 is 34.4 Å². The predicted molar refractivity (Wildman–Crippen MR) is 49.3 cm³/mol. The van der Waals surface area contributed by atoms with E-state index in [0.717, 1.165) is 0 Å². The molecule has 0 atom stereocenters. The maximum Gasteiger partial charge on any atom is 0.246 e. The first-order valence-electron chi connectivity index (χ1n) is 4.08. The number of nitrogens with one attached hydrogen (secondary N) is 3. The van der Waals surface area contributed by atoms with E-state index >= 15 is 0 Å². The van der Waals surface area contributed by atoms with Gasteiger partial charge in [0.05, 0.1) is 6.20 Å². The quantitative estimate of drug-likeness (QED) is 0.474. The molecule has 0 radical (unpaired) electrons. The molecule has 0 aliphatic rings. The molecule has 2 aromatic rings. The maximum absolute atomic E-state index is 2.93. The number of rotatable bonds is 1. The number of aromatic nitrogens is 4. The topological polar surface area (TPSA) is 49.6 Å². The fourth-order valence-electron chi connectivity index (χ4n) is 0.807. The zero-order valence-corrected chi connectivity index (χ0v) is 9.83. The van der Waals surface area contributed by atoms with Gasteiger partial charge in [-0.3, -0.25) is 9.97 Å². The van der Waals surface area contributed by atoms with Crippen molar-refractivity contribution in [3.63, 3.8) is 0 Å². The third kappa shape index (κ3) is 7.78. The van der Waals surface area contributed by atoms with E-state index in [9.17, 15) is 0 Å². The van der Waals surface area contributed by atoms with Crippen LogP contribution in [0.5, 0.6) is 0 Å². The molecule has 84 valence electrons. The van der Waals surface area contributed by atoms with Crippen LogP contribution in [-0.2, 0) is 0 Å². The van der Waals surface area contributed by atoms with Crippen LogP contribution in [0.4, 0.5) is 0 Å². The lowest BCUT2D eigenvalue weighted by molar-refractivity contribution is -0.566. The van der Waals surface area contributed by atoms with Crippen molar-refractivity contribution in [3.05, 3.63) is 43.5 Å². The van der Waals surface area contributed by atoms with E-state index in [1.54, 1.807) is 6.33 Å². The van der Waals surface area contributed by atoms with E-state index in [-0.39, 0.29) is 24.8 Å². The highest BCUT2D eigenvalue weighted by atomic mass is 35.5. The van der Waals surface area contributed by atoms with Crippen molar-refractivity contribution in [1.82, 2.24) is 9.97 Å². The molecule has 0 aromatic carbocycles. The highest BCUT2D eigenvalue weighted by Gasteiger charge is 1.84. The van der Waals surface area contributed by atoms with Gasteiger partial charge < -0.3 is 24.8 Å². The van der Waals surface area contributed by atoms with Crippen molar-refractivity contribution in [2.75, 3.05) is 0 Å². The highest BCUT2D eigenvalue weighted by Crippen LogP contribution is 1.69. The van der Waals surface area contributed by atoms with Crippen LogP contribution in [0.15, 0.2) is 43.5 Å². The van der Waals surface area contributed by atoms with Gasteiger partial charge in [0.25, 0.3) is 0 Å². The van der Waals surface area contributed by atoms with Gasteiger partial charge in [-0.15, -0.1) is 0 Å². The van der Waals surface area contributed by atoms with E-state index < -0.39 is 0 Å². The Morgan fingerprint density at radius 1 is 1.20 bits per heavy atom. The third-order valence-electron chi connectivity index (χ3n) is 1.33. The minimum Gasteiger partial charge on any atom is -1.00 e. The molecule has 0 aliphatic carbocycles. The minimum atomic E-state index is 0. The van der Waals surface area contributed by atoms with Crippen LogP contribution in [0.3, 0.4) is 0 Å². The van der Waals surface area contributed by atoms with Crippen LogP contribution in [0.25, 0.3) is 6.20 Å². The second-order valence-corrected chi connectivity index (χ2v) is 2.35. The molecule has 0 aliphatic heterocycles. The van der Waals surface area contributed by atoms with Crippen molar-refractivity contribution in [1.29, 1.82) is 0 Å². The van der Waals surface area contributed by atoms with Gasteiger partial charge in [-0.05, 0) is 13.0 Å². The number of hydrogen-bond donors (Lipinski definition) is 2. The summed E-state index contributed by atoms with van der Waals surface area (Å²) in [6.07, 6.45) is 15.0. The Balaban J connectivity index is 0. The van der Waals surface area contributed by atoms with Gasteiger partial charge in [0.15, 0.2) is 0 Å². The summed E-state index contributed by atoms with van der Waals surface area (Å²) in [5.41, 5.74) is 0. The molecule has 0 saturated heterocycles. The van der Waals surface area contributed by atoms with Crippen LogP contribution in [0.1, 0.15) is 6.92 Å². The molecule has 0 fully saturated rings. The zero-order valence-electron chi connectivity index (χ0n) is 8.32. The number of hydrogen-bond acceptors (Lipinski definition) is 0. The highest BCUT2D eigenvalue weighted by molar-refractivity contribution is 5.02. The number of H-pyrrole nitrogens is 3. The SMILES string of the molecule is CC=C[n+]1cc[nH]c1.[Cl-].[Cl-].c1c[nH+]c[nH]1. The average Bonchev–Trinajstić information content (AvgIpc) is 2.79. The second kappa shape index (κ2) is 10.8. The van der Waals surface area contributed by atoms with E-state index in [1.165, 1.54) is 0 Å². The fourth-order valence-corrected chi connectivity index (χ4v) is 0.807. The summed E-state index contributed by atoms with van der Waals surface area (Å²) in [6, 6.07) is 0. The Morgan fingerprint density at radius 3 is 2.33 bits per heavy atom. The van der Waals surface area contributed by atoms with Crippen molar-refractivity contribution in [2.24, 2.45) is 0 Å². The summed E-state index contributed by atoms with van der Waals surface area (Å²) < 4.78 is 1.94. The lowest BCUT2D eigenvalue weighted by Gasteiger charge is -1.74. The van der Waals surface area contributed by atoms with Gasteiger partial charge in [-0.2, -0.15) is 0 Å². The van der Waals surface area contributed by atoms with E-state index in [1.807, 2.05) is 54.9 Å². The maximum atomic E-state index is 2.93. The van der Waals surface area contributed by atoms with Crippen LogP contribution < -0.4 is 34.4 Å². The molecule has 6 heteroatoms. The number of nitrogens with zero attached hydrogens (tertiary/aromatic N) is 1. The molecule has 15 heavy (non-hydrogen) atoms. The summed E-state index contributed by atoms with van der Waals surface area (Å²) in [6.45, 7) is 1.99. The second-order valence-electron chi connectivity index (χ2n) is 2.35. The molecule has 2 aromatic heterocycles. The van der Waals surface area contributed by atoms with Gasteiger partial charge >= 0.3 is 0 Å². The van der Waals surface area contributed by atoms with Gasteiger partial charge in [-0.25, -0.2) is 9.55 Å². The summed E-state index contributed by atoms with van der Waals surface area (Å²) >= 11 is 0. The lowest BCUT2D eigenvalue weighted by Crippen LogP contribution is -3.00. The number of imidazole rings is 2. The van der Waals surface area contributed by atoms with Gasteiger partial charge in [0.1, 0.15) is 24.8 Å². The third-order valence-corrected chi connectivity index (χ3v) is 1.33. The van der Waals surface area contributed by atoms with Gasteiger partial charge in [0.2, 0.25) is 12.7 Å². The van der Waals surface area contributed by atoms with Crippen molar-refractivity contribution in [2.45, 2.75) is 6.92 Å². The van der Waals surface area contributed by atoms with E-state index in [2.05, 4.69) is 15.0 Å². The molecule has 2 rings (SSSR count). The molecule has 0 spiro atoms. The average molecular weight is 249 g/mol. The zero-order chi connectivity index (χ0) is 9.36. The molecule has 0 saturated carbocycles. The first-order chi connectivity index (χ1) is 6.43. The van der Waals surface area contributed by atoms with Crippen LogP contribution >= 0.6 is 0 Å². The largest absolute Gasteiger partial charge is 1.00 e. The Morgan fingerprint density at radius 2 is 2.00 bits per heavy atom. The van der Waals surface area contributed by atoms with Crippen LogP contribution in [0, 0.1) is 0 Å². The Kier molecular flexibility index (Phi) is 11.7. The number of halogens is 2. The fraction of sp³-hybridized carbons (Fsp3) is 0.111. The normalized spacial score (nSPS) is 8.33. The van der Waals surface area contributed by atoms with Crippen molar-refractivity contribution in [3.8, 4) is 0 Å². The molecule has 2 heterocycles. The molecular formula is C9H14Cl2N4. The Labute approximate surface area is 101 Å².